The maximum absolute atomic E-state index is 4.45. The van der Waals surface area contributed by atoms with Crippen molar-refractivity contribution in [3.8, 4) is 0 Å². The lowest BCUT2D eigenvalue weighted by Crippen LogP contribution is -1.95. The molecule has 0 unspecified atom stereocenters. The van der Waals surface area contributed by atoms with Gasteiger partial charge in [0.1, 0.15) is 11.5 Å². The molecule has 0 radical (unpaired) electrons. The third-order valence-corrected chi connectivity index (χ3v) is 2.19. The lowest BCUT2D eigenvalue weighted by atomic mass is 10.3. The second-order valence-corrected chi connectivity index (χ2v) is 3.23. The Balaban J connectivity index is 2.79. The normalized spacial score (nSPS) is 10.7. The van der Waals surface area contributed by atoms with Crippen LogP contribution in [-0.4, -0.2) is 16.4 Å². The Morgan fingerprint density at radius 2 is 2.15 bits per heavy atom. The highest BCUT2D eigenvalue weighted by molar-refractivity contribution is 5.55. The predicted octanol–water partition coefficient (Wildman–Crippen LogP) is 1.99. The Bertz CT molecular complexity index is 443. The maximum atomic E-state index is 4.45. The van der Waals surface area contributed by atoms with Gasteiger partial charge in [-0.3, -0.25) is 4.40 Å². The zero-order valence-electron chi connectivity index (χ0n) is 8.13. The van der Waals surface area contributed by atoms with E-state index in [1.165, 1.54) is 5.56 Å². The fourth-order valence-corrected chi connectivity index (χ4v) is 1.57. The summed E-state index contributed by atoms with van der Waals surface area (Å²) in [4.78, 5) is 4.45. The quantitative estimate of drug-likeness (QED) is 0.718. The first-order valence-corrected chi connectivity index (χ1v) is 4.35. The molecule has 0 aromatic carbocycles. The zero-order valence-corrected chi connectivity index (χ0v) is 8.13. The van der Waals surface area contributed by atoms with Crippen LogP contribution in [0.5, 0.6) is 0 Å². The van der Waals surface area contributed by atoms with Crippen LogP contribution in [0, 0.1) is 13.8 Å². The van der Waals surface area contributed by atoms with Gasteiger partial charge in [-0.15, -0.1) is 0 Å². The highest BCUT2D eigenvalue weighted by Crippen LogP contribution is 2.17. The molecular weight excluding hydrogens is 162 g/mol. The monoisotopic (exact) mass is 175 g/mol. The summed E-state index contributed by atoms with van der Waals surface area (Å²) >= 11 is 0. The van der Waals surface area contributed by atoms with E-state index in [1.54, 1.807) is 0 Å². The average Bonchev–Trinajstić information content (AvgIpc) is 2.39. The second kappa shape index (κ2) is 2.76. The number of aromatic nitrogens is 2. The van der Waals surface area contributed by atoms with Crippen LogP contribution in [0.3, 0.4) is 0 Å². The van der Waals surface area contributed by atoms with Gasteiger partial charge in [-0.05, 0) is 31.5 Å². The van der Waals surface area contributed by atoms with E-state index in [9.17, 15) is 0 Å². The van der Waals surface area contributed by atoms with E-state index >= 15 is 0 Å². The highest BCUT2D eigenvalue weighted by atomic mass is 15.1. The first-order chi connectivity index (χ1) is 6.22. The minimum Gasteiger partial charge on any atom is -0.373 e. The van der Waals surface area contributed by atoms with E-state index in [0.29, 0.717) is 0 Å². The largest absolute Gasteiger partial charge is 0.373 e. The second-order valence-electron chi connectivity index (χ2n) is 3.23. The third kappa shape index (κ3) is 1.16. The summed E-state index contributed by atoms with van der Waals surface area (Å²) in [5.41, 5.74) is 3.27. The van der Waals surface area contributed by atoms with Gasteiger partial charge in [0.25, 0.3) is 0 Å². The number of imidazole rings is 1. The number of hydrogen-bond donors (Lipinski definition) is 1. The van der Waals surface area contributed by atoms with Gasteiger partial charge in [0, 0.05) is 13.2 Å². The molecule has 1 N–H and O–H groups in total. The summed E-state index contributed by atoms with van der Waals surface area (Å²) in [5, 5.41) is 3.14. The zero-order chi connectivity index (χ0) is 9.42. The number of nitrogens with one attached hydrogen (secondary N) is 1. The van der Waals surface area contributed by atoms with Gasteiger partial charge in [0.15, 0.2) is 0 Å². The predicted molar refractivity (Wildman–Crippen MR) is 54.2 cm³/mol. The summed E-state index contributed by atoms with van der Waals surface area (Å²) < 4.78 is 2.06. The number of anilines is 1. The molecule has 0 spiro atoms. The van der Waals surface area contributed by atoms with Crippen molar-refractivity contribution >= 4 is 11.5 Å². The van der Waals surface area contributed by atoms with Gasteiger partial charge in [-0.1, -0.05) is 0 Å². The lowest BCUT2D eigenvalue weighted by Gasteiger charge is -2.00. The Morgan fingerprint density at radius 1 is 1.38 bits per heavy atom. The van der Waals surface area contributed by atoms with Crippen LogP contribution in [-0.2, 0) is 0 Å². The fraction of sp³-hybridized carbons (Fsp3) is 0.300. The molecule has 0 aliphatic carbocycles. The molecule has 0 atom stereocenters. The van der Waals surface area contributed by atoms with Crippen LogP contribution in [0.25, 0.3) is 5.65 Å². The fourth-order valence-electron chi connectivity index (χ4n) is 1.57. The maximum Gasteiger partial charge on any atom is 0.138 e. The molecule has 0 saturated heterocycles. The molecule has 2 aromatic heterocycles. The van der Waals surface area contributed by atoms with Crippen molar-refractivity contribution in [2.24, 2.45) is 0 Å². The molecule has 2 aromatic rings. The van der Waals surface area contributed by atoms with E-state index in [1.807, 2.05) is 20.2 Å². The van der Waals surface area contributed by atoms with Crippen LogP contribution < -0.4 is 5.32 Å². The van der Waals surface area contributed by atoms with Crippen LogP contribution in [0.4, 0.5) is 5.82 Å². The average molecular weight is 175 g/mol. The Hall–Kier alpha value is -1.51. The molecule has 0 amide bonds. The van der Waals surface area contributed by atoms with Crippen molar-refractivity contribution in [3.05, 3.63) is 29.6 Å². The van der Waals surface area contributed by atoms with E-state index in [4.69, 9.17) is 0 Å². The van der Waals surface area contributed by atoms with Crippen molar-refractivity contribution in [1.29, 1.82) is 0 Å². The number of nitrogens with zero attached hydrogens (tertiary/aromatic N) is 2. The Labute approximate surface area is 77.4 Å². The first-order valence-electron chi connectivity index (χ1n) is 4.35. The van der Waals surface area contributed by atoms with E-state index in [-0.39, 0.29) is 0 Å². The molecule has 13 heavy (non-hydrogen) atoms. The molecule has 3 heteroatoms. The summed E-state index contributed by atoms with van der Waals surface area (Å²) in [6, 6.07) is 4.16. The molecule has 0 aliphatic rings. The van der Waals surface area contributed by atoms with Gasteiger partial charge in [-0.2, -0.15) is 0 Å². The molecule has 0 saturated carbocycles. The Morgan fingerprint density at radius 3 is 2.85 bits per heavy atom. The van der Waals surface area contributed by atoms with Crippen molar-refractivity contribution in [2.45, 2.75) is 13.8 Å². The summed E-state index contributed by atoms with van der Waals surface area (Å²) in [7, 11) is 1.91. The molecule has 68 valence electrons. The van der Waals surface area contributed by atoms with Crippen molar-refractivity contribution < 1.29 is 0 Å². The van der Waals surface area contributed by atoms with Crippen molar-refractivity contribution in [3.63, 3.8) is 0 Å². The van der Waals surface area contributed by atoms with Gasteiger partial charge in [0.2, 0.25) is 0 Å². The van der Waals surface area contributed by atoms with Gasteiger partial charge >= 0.3 is 0 Å². The van der Waals surface area contributed by atoms with Crippen LogP contribution >= 0.6 is 0 Å². The van der Waals surface area contributed by atoms with Crippen molar-refractivity contribution in [2.75, 3.05) is 12.4 Å². The summed E-state index contributed by atoms with van der Waals surface area (Å²) in [6.07, 6.45) is 2.04. The minimum absolute atomic E-state index is 1.00. The minimum atomic E-state index is 1.00. The van der Waals surface area contributed by atoms with Gasteiger partial charge < -0.3 is 5.32 Å². The molecule has 3 nitrogen and oxygen atoms in total. The number of fused-ring (bicyclic) bond motifs is 1. The Kier molecular flexibility index (Phi) is 1.72. The highest BCUT2D eigenvalue weighted by Gasteiger charge is 2.05. The summed E-state index contributed by atoms with van der Waals surface area (Å²) in [5.74, 6) is 1.06. The molecule has 0 fully saturated rings. The van der Waals surface area contributed by atoms with Crippen LogP contribution in [0.2, 0.25) is 0 Å². The van der Waals surface area contributed by atoms with Crippen LogP contribution in [0.1, 0.15) is 11.3 Å². The van der Waals surface area contributed by atoms with E-state index in [0.717, 1.165) is 17.2 Å². The number of pyridine rings is 1. The molecular formula is C10H13N3. The number of aryl methyl sites for hydroxylation is 2. The number of rotatable bonds is 1. The number of hydrogen-bond acceptors (Lipinski definition) is 2. The third-order valence-electron chi connectivity index (χ3n) is 2.19. The molecule has 2 heterocycles. The smallest absolute Gasteiger partial charge is 0.138 e. The van der Waals surface area contributed by atoms with E-state index < -0.39 is 0 Å². The van der Waals surface area contributed by atoms with Gasteiger partial charge in [-0.25, -0.2) is 4.98 Å². The topological polar surface area (TPSA) is 29.3 Å². The first kappa shape index (κ1) is 8.10. The van der Waals surface area contributed by atoms with E-state index in [2.05, 4.69) is 33.8 Å². The van der Waals surface area contributed by atoms with Gasteiger partial charge in [0.05, 0.1) is 5.69 Å². The standard InChI is InChI=1S/C10H13N3/c1-7-4-5-13-9(6-7)12-8(2)10(13)11-3/h4-6,11H,1-3H3. The molecule has 0 aliphatic heterocycles. The summed E-state index contributed by atoms with van der Waals surface area (Å²) in [6.45, 7) is 4.08. The SMILES string of the molecule is CNc1c(C)nc2cc(C)ccn12. The van der Waals surface area contributed by atoms with Crippen molar-refractivity contribution in [1.82, 2.24) is 9.38 Å². The lowest BCUT2D eigenvalue weighted by molar-refractivity contribution is 1.16. The molecule has 2 rings (SSSR count). The van der Waals surface area contributed by atoms with Crippen LogP contribution in [0.15, 0.2) is 18.3 Å². The molecule has 0 bridgehead atoms.